The van der Waals surface area contributed by atoms with Gasteiger partial charge in [0.15, 0.2) is 0 Å². The van der Waals surface area contributed by atoms with Gasteiger partial charge in [0.25, 0.3) is 6.47 Å². The Labute approximate surface area is 319 Å². The number of hydrogen-bond donors (Lipinski definition) is 0. The summed E-state index contributed by atoms with van der Waals surface area (Å²) in [4.78, 5) is 21.9. The Morgan fingerprint density at radius 2 is 1.44 bits per heavy atom. The van der Waals surface area contributed by atoms with Crippen molar-refractivity contribution in [3.8, 4) is 40.0 Å². The Hall–Kier alpha value is -5.70. The molecule has 0 amide bonds. The summed E-state index contributed by atoms with van der Waals surface area (Å²) < 4.78 is 36.9. The molecule has 5 aromatic rings. The van der Waals surface area contributed by atoms with Crippen LogP contribution in [0.1, 0.15) is 74.5 Å². The fourth-order valence-corrected chi connectivity index (χ4v) is 5.61. The second-order valence-electron chi connectivity index (χ2n) is 13.5. The molecule has 0 spiro atoms. The first-order chi connectivity index (χ1) is 26.1. The quantitative estimate of drug-likeness (QED) is 0.0529. The van der Waals surface area contributed by atoms with Crippen molar-refractivity contribution in [3.05, 3.63) is 126 Å². The summed E-state index contributed by atoms with van der Waals surface area (Å²) >= 11 is 0. The molecule has 0 atom stereocenters. The molecule has 0 N–H and O–H groups in total. The van der Waals surface area contributed by atoms with Gasteiger partial charge < -0.3 is 33.0 Å². The largest absolute Gasteiger partial charge is 0.493 e. The van der Waals surface area contributed by atoms with Crippen molar-refractivity contribution in [2.75, 3.05) is 20.3 Å². The number of rotatable bonds is 17. The maximum Gasteiger partial charge on any atom is 0.341 e. The maximum absolute atomic E-state index is 12.3. The summed E-state index contributed by atoms with van der Waals surface area (Å²) in [5.41, 5.74) is 5.37. The number of ether oxygens (including phenoxy) is 6. The van der Waals surface area contributed by atoms with Crippen molar-refractivity contribution in [2.24, 2.45) is 7.05 Å². The molecule has 0 radical (unpaired) electrons. The zero-order valence-corrected chi connectivity index (χ0v) is 32.6. The summed E-state index contributed by atoms with van der Waals surface area (Å²) in [5.74, 6) is 3.03. The summed E-state index contributed by atoms with van der Waals surface area (Å²) in [6.45, 7) is 11.6. The summed E-state index contributed by atoms with van der Waals surface area (Å²) in [6, 6.07) is 31.4. The van der Waals surface area contributed by atoms with Crippen LogP contribution >= 0.6 is 0 Å². The molecule has 1 heterocycles. The van der Waals surface area contributed by atoms with Crippen LogP contribution < -0.4 is 18.9 Å². The van der Waals surface area contributed by atoms with E-state index in [4.69, 9.17) is 23.7 Å². The van der Waals surface area contributed by atoms with E-state index in [1.165, 1.54) is 7.11 Å². The van der Waals surface area contributed by atoms with Crippen LogP contribution in [0.3, 0.4) is 0 Å². The highest BCUT2D eigenvalue weighted by Crippen LogP contribution is 2.38. The van der Waals surface area contributed by atoms with E-state index >= 15 is 0 Å². The van der Waals surface area contributed by atoms with Gasteiger partial charge in [-0.25, -0.2) is 4.79 Å². The van der Waals surface area contributed by atoms with Crippen LogP contribution in [0.4, 0.5) is 0 Å². The van der Waals surface area contributed by atoms with E-state index in [9.17, 15) is 9.59 Å². The standard InChI is InChI=1S/C40H43NO6.C5H10O2/c1-5-15-31-35(21-12-22-36(31)47-37-20-11-10-18-32(37)40(42)43-4)44-24-14-25-45-38-27-39(46-28-29-16-8-7-9-17-29)33(26-30(38)6-2)34-19-13-23-41(34)3;1-5(2,3)7-4-6/h7-13,16-23,26-27H,5-6,14-15,24-25,28H2,1-4H3;4H,1-3H3. The average molecular weight is 736 g/mol. The third kappa shape index (κ3) is 11.9. The van der Waals surface area contributed by atoms with E-state index in [1.807, 2.05) is 88.6 Å². The molecule has 9 nitrogen and oxygen atoms in total. The van der Waals surface area contributed by atoms with Crippen LogP contribution in [-0.2, 0) is 40.8 Å². The summed E-state index contributed by atoms with van der Waals surface area (Å²) in [5, 5.41) is 0. The van der Waals surface area contributed by atoms with Crippen molar-refractivity contribution < 1.29 is 38.0 Å². The number of para-hydroxylation sites is 1. The number of aromatic nitrogens is 1. The van der Waals surface area contributed by atoms with E-state index in [0.717, 1.165) is 64.5 Å². The lowest BCUT2D eigenvalue weighted by molar-refractivity contribution is -0.138. The van der Waals surface area contributed by atoms with E-state index in [-0.39, 0.29) is 5.60 Å². The smallest absolute Gasteiger partial charge is 0.341 e. The molecular formula is C45H53NO8. The fraction of sp³-hybridized carbons (Fsp3) is 0.333. The molecule has 1 aromatic heterocycles. The van der Waals surface area contributed by atoms with E-state index in [2.05, 4.69) is 47.4 Å². The monoisotopic (exact) mass is 735 g/mol. The molecule has 0 unspecified atom stereocenters. The van der Waals surface area contributed by atoms with Crippen LogP contribution in [0, 0.1) is 0 Å². The molecule has 0 aliphatic carbocycles. The SMILES string of the molecule is CC(C)(C)OC=O.CCCc1c(OCCCOc2cc(OCc3ccccc3)c(-c3cccn3C)cc2CC)cccc1Oc1ccccc1C(=O)OC. The molecule has 54 heavy (non-hydrogen) atoms. The minimum atomic E-state index is -0.444. The molecule has 0 aliphatic heterocycles. The topological polar surface area (TPSA) is 94.5 Å². The molecule has 0 bridgehead atoms. The van der Waals surface area contributed by atoms with Crippen molar-refractivity contribution in [1.82, 2.24) is 4.57 Å². The second-order valence-corrected chi connectivity index (χ2v) is 13.5. The van der Waals surface area contributed by atoms with Crippen LogP contribution in [-0.4, -0.2) is 42.9 Å². The van der Waals surface area contributed by atoms with Gasteiger partial charge in [-0.15, -0.1) is 0 Å². The lowest BCUT2D eigenvalue weighted by atomic mass is 10.0. The minimum absolute atomic E-state index is 0.318. The van der Waals surface area contributed by atoms with E-state index in [1.54, 1.807) is 18.2 Å². The van der Waals surface area contributed by atoms with Crippen molar-refractivity contribution in [1.29, 1.82) is 0 Å². The molecule has 4 aromatic carbocycles. The molecule has 0 aliphatic rings. The molecule has 0 saturated heterocycles. The highest BCUT2D eigenvalue weighted by molar-refractivity contribution is 5.92. The van der Waals surface area contributed by atoms with Crippen molar-refractivity contribution in [2.45, 2.75) is 72.5 Å². The number of esters is 1. The Balaban J connectivity index is 0.000000845. The number of methoxy groups -OCH3 is 1. The number of aryl methyl sites for hydroxylation is 2. The number of carbonyl (C=O) groups is 2. The van der Waals surface area contributed by atoms with Gasteiger partial charge in [0.1, 0.15) is 46.5 Å². The zero-order chi connectivity index (χ0) is 38.9. The zero-order valence-electron chi connectivity index (χ0n) is 32.6. The van der Waals surface area contributed by atoms with Gasteiger partial charge in [0, 0.05) is 36.9 Å². The van der Waals surface area contributed by atoms with Crippen LogP contribution in [0.2, 0.25) is 0 Å². The van der Waals surface area contributed by atoms with Gasteiger partial charge in [0.2, 0.25) is 0 Å². The molecule has 5 rings (SSSR count). The highest BCUT2D eigenvalue weighted by atomic mass is 16.5. The second kappa shape index (κ2) is 20.5. The summed E-state index contributed by atoms with van der Waals surface area (Å²) in [6.07, 6.45) is 5.23. The first-order valence-corrected chi connectivity index (χ1v) is 18.4. The van der Waals surface area contributed by atoms with Gasteiger partial charge in [-0.2, -0.15) is 0 Å². The molecule has 0 saturated carbocycles. The number of benzene rings is 4. The predicted molar refractivity (Wildman–Crippen MR) is 212 cm³/mol. The Kier molecular flexibility index (Phi) is 15.6. The van der Waals surface area contributed by atoms with Crippen LogP contribution in [0.15, 0.2) is 103 Å². The highest BCUT2D eigenvalue weighted by Gasteiger charge is 2.18. The Morgan fingerprint density at radius 3 is 2.07 bits per heavy atom. The number of nitrogens with zero attached hydrogens (tertiary/aromatic N) is 1. The van der Waals surface area contributed by atoms with Crippen LogP contribution in [0.25, 0.3) is 11.3 Å². The van der Waals surface area contributed by atoms with Gasteiger partial charge in [0.05, 0.1) is 26.0 Å². The van der Waals surface area contributed by atoms with E-state index < -0.39 is 5.97 Å². The first-order valence-electron chi connectivity index (χ1n) is 18.4. The summed E-state index contributed by atoms with van der Waals surface area (Å²) in [7, 11) is 3.41. The minimum Gasteiger partial charge on any atom is -0.493 e. The molecular weight excluding hydrogens is 682 g/mol. The molecule has 9 heteroatoms. The van der Waals surface area contributed by atoms with Gasteiger partial charge in [-0.1, -0.05) is 68.8 Å². The van der Waals surface area contributed by atoms with Gasteiger partial charge >= 0.3 is 5.97 Å². The Bertz CT molecular complexity index is 1930. The normalized spacial score (nSPS) is 10.8. The fourth-order valence-electron chi connectivity index (χ4n) is 5.61. The van der Waals surface area contributed by atoms with Gasteiger partial charge in [-0.3, -0.25) is 4.79 Å². The lowest BCUT2D eigenvalue weighted by Gasteiger charge is -2.19. The van der Waals surface area contributed by atoms with Crippen molar-refractivity contribution >= 4 is 12.4 Å². The first kappa shape index (κ1) is 41.1. The average Bonchev–Trinajstić information content (AvgIpc) is 3.60. The van der Waals surface area contributed by atoms with Crippen molar-refractivity contribution in [3.63, 3.8) is 0 Å². The predicted octanol–water partition coefficient (Wildman–Crippen LogP) is 10.2. The van der Waals surface area contributed by atoms with Crippen LogP contribution in [0.5, 0.6) is 28.7 Å². The molecule has 286 valence electrons. The third-order valence-corrected chi connectivity index (χ3v) is 8.31. The number of carbonyl (C=O) groups excluding carboxylic acids is 2. The lowest BCUT2D eigenvalue weighted by Crippen LogP contribution is -2.17. The maximum atomic E-state index is 12.3. The Morgan fingerprint density at radius 1 is 0.759 bits per heavy atom. The number of hydrogen-bond acceptors (Lipinski definition) is 8. The van der Waals surface area contributed by atoms with E-state index in [0.29, 0.717) is 49.8 Å². The third-order valence-electron chi connectivity index (χ3n) is 8.31. The van der Waals surface area contributed by atoms with Gasteiger partial charge in [-0.05, 0) is 87.2 Å². The molecule has 0 fully saturated rings.